The van der Waals surface area contributed by atoms with Gasteiger partial charge in [-0.2, -0.15) is 10.2 Å². The number of nitrogens with one attached hydrogen (secondary N) is 1. The molecule has 3 aliphatic heterocycles. The van der Waals surface area contributed by atoms with Crippen LogP contribution in [0.5, 0.6) is 0 Å². The van der Waals surface area contributed by atoms with Crippen LogP contribution in [0.1, 0.15) is 36.9 Å². The lowest BCUT2D eigenvalue weighted by atomic mass is 9.85. The van der Waals surface area contributed by atoms with Crippen molar-refractivity contribution in [3.8, 4) is 22.6 Å². The highest BCUT2D eigenvalue weighted by atomic mass is 19.3. The number of hydrogen-bond donors (Lipinski definition) is 1. The number of halogens is 2. The number of aromatic amines is 1. The lowest BCUT2D eigenvalue weighted by Gasteiger charge is -2.29. The second-order valence-corrected chi connectivity index (χ2v) is 13.2. The van der Waals surface area contributed by atoms with Crippen LogP contribution in [0.25, 0.3) is 39.1 Å². The van der Waals surface area contributed by atoms with Crippen molar-refractivity contribution >= 4 is 34.0 Å². The van der Waals surface area contributed by atoms with E-state index in [2.05, 4.69) is 48.4 Å². The van der Waals surface area contributed by atoms with Gasteiger partial charge in [0, 0.05) is 61.6 Å². The summed E-state index contributed by atoms with van der Waals surface area (Å²) < 4.78 is 28.3. The number of anilines is 1. The first-order valence-electron chi connectivity index (χ1n) is 16.5. The Labute approximate surface area is 281 Å². The average Bonchev–Trinajstić information content (AvgIpc) is 3.92. The van der Waals surface area contributed by atoms with Crippen molar-refractivity contribution in [3.63, 3.8) is 0 Å². The van der Waals surface area contributed by atoms with Crippen LogP contribution in [0.15, 0.2) is 73.2 Å². The number of H-pyrrole nitrogens is 1. The molecule has 5 aromatic rings. The van der Waals surface area contributed by atoms with Crippen LogP contribution in [0.2, 0.25) is 0 Å². The van der Waals surface area contributed by atoms with Crippen molar-refractivity contribution < 1.29 is 18.4 Å². The maximum Gasteiger partial charge on any atom is 0.280 e. The summed E-state index contributed by atoms with van der Waals surface area (Å²) in [5, 5.41) is 12.5. The molecule has 49 heavy (non-hydrogen) atoms. The van der Waals surface area contributed by atoms with E-state index in [0.29, 0.717) is 69.2 Å². The number of carbonyl (C=O) groups is 2. The van der Waals surface area contributed by atoms with Gasteiger partial charge in [0.2, 0.25) is 11.8 Å². The molecule has 6 heterocycles. The highest BCUT2D eigenvalue weighted by molar-refractivity contribution is 6.03. The fraction of sp³-hybridized carbons (Fsp3) is 0.333. The van der Waals surface area contributed by atoms with Crippen molar-refractivity contribution in [3.05, 3.63) is 84.5 Å². The number of aryl methyl sites for hydroxylation is 1. The van der Waals surface area contributed by atoms with E-state index in [1.165, 1.54) is 17.8 Å². The molecule has 8 rings (SSSR count). The van der Waals surface area contributed by atoms with Gasteiger partial charge in [0.05, 0.1) is 17.5 Å². The Hall–Kier alpha value is -5.30. The fourth-order valence-corrected chi connectivity index (χ4v) is 7.40. The fourth-order valence-electron chi connectivity index (χ4n) is 7.40. The zero-order valence-electron chi connectivity index (χ0n) is 27.0. The average molecular weight is 664 g/mol. The monoisotopic (exact) mass is 663 g/mol. The smallest absolute Gasteiger partial charge is 0.280 e. The van der Waals surface area contributed by atoms with Gasteiger partial charge in [-0.15, -0.1) is 0 Å². The van der Waals surface area contributed by atoms with E-state index in [1.54, 1.807) is 17.1 Å². The van der Waals surface area contributed by atoms with Gasteiger partial charge in [-0.25, -0.2) is 13.8 Å². The summed E-state index contributed by atoms with van der Waals surface area (Å²) in [6.07, 6.45) is 4.68. The van der Waals surface area contributed by atoms with Crippen LogP contribution in [-0.2, 0) is 16.6 Å². The Bertz CT molecular complexity index is 2090. The maximum atomic E-state index is 14.0. The minimum atomic E-state index is -2.68. The van der Waals surface area contributed by atoms with Gasteiger partial charge in [0.15, 0.2) is 5.82 Å². The summed E-state index contributed by atoms with van der Waals surface area (Å²) in [7, 11) is 1.85. The summed E-state index contributed by atoms with van der Waals surface area (Å²) in [5.74, 6) is 0.835. The van der Waals surface area contributed by atoms with Crippen molar-refractivity contribution in [2.45, 2.75) is 25.7 Å². The molecule has 3 aromatic heterocycles. The van der Waals surface area contributed by atoms with E-state index in [0.717, 1.165) is 34.1 Å². The normalized spacial score (nSPS) is 19.9. The Balaban J connectivity index is 0.899. The van der Waals surface area contributed by atoms with Gasteiger partial charge in [-0.1, -0.05) is 30.3 Å². The molecule has 1 spiro atoms. The molecule has 13 heteroatoms. The number of carbonyl (C=O) groups excluding carboxylic acids is 2. The molecule has 2 fully saturated rings. The highest BCUT2D eigenvalue weighted by Crippen LogP contribution is 2.43. The van der Waals surface area contributed by atoms with Crippen molar-refractivity contribution in [2.75, 3.05) is 44.2 Å². The van der Waals surface area contributed by atoms with E-state index < -0.39 is 11.8 Å². The Morgan fingerprint density at radius 2 is 1.80 bits per heavy atom. The number of alkyl halides is 2. The molecule has 0 bridgehead atoms. The number of hydrogen-bond acceptors (Lipinski definition) is 7. The second-order valence-electron chi connectivity index (χ2n) is 13.2. The Morgan fingerprint density at radius 1 is 0.980 bits per heavy atom. The molecule has 250 valence electrons. The van der Waals surface area contributed by atoms with Crippen LogP contribution in [-0.4, -0.2) is 90.8 Å². The lowest BCUT2D eigenvalue weighted by Crippen LogP contribution is -2.43. The van der Waals surface area contributed by atoms with Crippen molar-refractivity contribution in [2.24, 2.45) is 12.5 Å². The zero-order chi connectivity index (χ0) is 33.7. The third-order valence-corrected chi connectivity index (χ3v) is 10.1. The van der Waals surface area contributed by atoms with Crippen molar-refractivity contribution in [1.82, 2.24) is 39.7 Å². The van der Waals surface area contributed by atoms with Crippen LogP contribution >= 0.6 is 0 Å². The van der Waals surface area contributed by atoms with Gasteiger partial charge in [0.1, 0.15) is 17.7 Å². The molecular formula is C36H35F2N9O2. The minimum Gasteiger partial charge on any atom is -0.338 e. The van der Waals surface area contributed by atoms with Gasteiger partial charge in [-0.05, 0) is 67.3 Å². The van der Waals surface area contributed by atoms with Gasteiger partial charge < -0.3 is 9.80 Å². The largest absolute Gasteiger partial charge is 0.338 e. The molecule has 2 saturated heterocycles. The molecule has 0 radical (unpaired) electrons. The number of rotatable bonds is 7. The molecule has 2 aromatic carbocycles. The third-order valence-electron chi connectivity index (χ3n) is 10.1. The van der Waals surface area contributed by atoms with E-state index >= 15 is 0 Å². The quantitative estimate of drug-likeness (QED) is 0.258. The third kappa shape index (κ3) is 5.77. The lowest BCUT2D eigenvalue weighted by molar-refractivity contribution is -0.132. The number of benzene rings is 2. The van der Waals surface area contributed by atoms with E-state index in [1.807, 2.05) is 47.2 Å². The van der Waals surface area contributed by atoms with Crippen LogP contribution in [0.3, 0.4) is 0 Å². The number of pyridine rings is 1. The van der Waals surface area contributed by atoms with Crippen LogP contribution in [0, 0.1) is 5.41 Å². The molecule has 11 nitrogen and oxygen atoms in total. The van der Waals surface area contributed by atoms with Crippen molar-refractivity contribution in [1.29, 1.82) is 0 Å². The maximum absolute atomic E-state index is 14.0. The first-order valence-corrected chi connectivity index (χ1v) is 16.5. The first-order chi connectivity index (χ1) is 23.8. The summed E-state index contributed by atoms with van der Waals surface area (Å²) >= 11 is 0. The highest BCUT2D eigenvalue weighted by Gasteiger charge is 2.51. The predicted molar refractivity (Wildman–Crippen MR) is 180 cm³/mol. The molecule has 1 N–H and O–H groups in total. The standard InChI is InChI=1S/C36H35F2N9O2/c1-44-22-40-34(43-44)25-4-2-23(3-5-25)24-9-14-46(15-10-24)31(48)20-45-16-11-36(21-45)12-17-47(35(36)49)27-6-7-29-28(19-27)32(42-41-29)26-8-13-39-30(18-26)33(37)38/h2-9,13,18-19,22,33H,10-12,14-17,20-21H2,1H3,(H,41,42)/t36-/m0/s1. The molecule has 0 saturated carbocycles. The Kier molecular flexibility index (Phi) is 7.78. The number of likely N-dealkylation sites (tertiary alicyclic amines) is 1. The first kappa shape index (κ1) is 31.0. The molecule has 2 amide bonds. The van der Waals surface area contributed by atoms with Gasteiger partial charge in [-0.3, -0.25) is 29.3 Å². The summed E-state index contributed by atoms with van der Waals surface area (Å²) in [5.41, 5.74) is 5.04. The van der Waals surface area contributed by atoms with E-state index in [-0.39, 0.29) is 17.5 Å². The molecule has 3 aliphatic rings. The Morgan fingerprint density at radius 3 is 2.55 bits per heavy atom. The van der Waals surface area contributed by atoms with Crippen LogP contribution in [0.4, 0.5) is 14.5 Å². The van der Waals surface area contributed by atoms with E-state index in [9.17, 15) is 18.4 Å². The zero-order valence-corrected chi connectivity index (χ0v) is 27.0. The van der Waals surface area contributed by atoms with Crippen LogP contribution < -0.4 is 4.90 Å². The van der Waals surface area contributed by atoms with E-state index in [4.69, 9.17) is 0 Å². The van der Waals surface area contributed by atoms with Gasteiger partial charge in [0.25, 0.3) is 6.43 Å². The second kappa shape index (κ2) is 12.3. The minimum absolute atomic E-state index is 0.0612. The SMILES string of the molecule is Cn1cnc(-c2ccc(C3=CCN(C(=O)CN4CC[C@]5(CCN(c6ccc7[nH]nc(-c8ccnc(C(F)F)c8)c7c6)C5=O)C4)CC3)cc2)n1. The molecule has 0 aliphatic carbocycles. The number of aromatic nitrogens is 6. The number of amides is 2. The number of fused-ring (bicyclic) bond motifs is 1. The summed E-state index contributed by atoms with van der Waals surface area (Å²) in [6, 6.07) is 16.9. The molecule has 1 atom stereocenters. The number of nitrogens with zero attached hydrogens (tertiary/aromatic N) is 8. The molecular weight excluding hydrogens is 628 g/mol. The summed E-state index contributed by atoms with van der Waals surface area (Å²) in [4.78, 5) is 41.2. The molecule has 0 unspecified atom stereocenters. The topological polar surface area (TPSA) is 116 Å². The predicted octanol–water partition coefficient (Wildman–Crippen LogP) is 5.10. The summed E-state index contributed by atoms with van der Waals surface area (Å²) in [6.45, 7) is 3.32. The van der Waals surface area contributed by atoms with Gasteiger partial charge >= 0.3 is 0 Å².